The minimum atomic E-state index is -0.0509. The Balaban J connectivity index is 2.27. The number of allylic oxidation sites excluding steroid dienone is 3. The largest absolute Gasteiger partial charge is 0.366 e. The van der Waals surface area contributed by atoms with Gasteiger partial charge in [0.1, 0.15) is 6.17 Å². The maximum absolute atomic E-state index is 9.31. The van der Waals surface area contributed by atoms with Gasteiger partial charge in [0.25, 0.3) is 0 Å². The Hall–Kier alpha value is -1.22. The molecule has 2 heterocycles. The van der Waals surface area contributed by atoms with Crippen molar-refractivity contribution in [1.29, 1.82) is 0 Å². The highest BCUT2D eigenvalue weighted by atomic mass is 16.5. The van der Waals surface area contributed by atoms with Crippen LogP contribution in [0, 0.1) is 0 Å². The van der Waals surface area contributed by atoms with Crippen LogP contribution in [0.25, 0.3) is 0 Å². The van der Waals surface area contributed by atoms with Gasteiger partial charge in [0, 0.05) is 6.20 Å². The number of hydrogen-bond acceptors (Lipinski definition) is 3. The lowest BCUT2D eigenvalue weighted by molar-refractivity contribution is -0.0778. The van der Waals surface area contributed by atoms with Gasteiger partial charge in [-0.25, -0.2) is 5.06 Å². The summed E-state index contributed by atoms with van der Waals surface area (Å²) in [6.45, 7) is 0. The third-order valence-corrected chi connectivity index (χ3v) is 1.89. The second-order valence-corrected chi connectivity index (χ2v) is 2.64. The molecule has 0 radical (unpaired) electrons. The van der Waals surface area contributed by atoms with Crippen molar-refractivity contribution in [3.05, 3.63) is 36.2 Å². The van der Waals surface area contributed by atoms with Crippen LogP contribution >= 0.6 is 0 Å². The number of hydroxylamine groups is 2. The molecule has 11 heavy (non-hydrogen) atoms. The first-order valence-electron chi connectivity index (χ1n) is 3.63. The molecular weight excluding hydrogens is 140 g/mol. The molecule has 0 fully saturated rings. The van der Waals surface area contributed by atoms with E-state index in [0.717, 1.165) is 6.42 Å². The summed E-state index contributed by atoms with van der Waals surface area (Å²) < 4.78 is 0. The fourth-order valence-electron chi connectivity index (χ4n) is 1.33. The van der Waals surface area contributed by atoms with E-state index in [4.69, 9.17) is 0 Å². The number of nitrogens with zero attached hydrogens (tertiary/aromatic N) is 1. The van der Waals surface area contributed by atoms with Crippen LogP contribution < -0.4 is 5.32 Å². The Kier molecular flexibility index (Phi) is 1.43. The van der Waals surface area contributed by atoms with Crippen LogP contribution in [0.1, 0.15) is 6.42 Å². The molecule has 3 nitrogen and oxygen atoms in total. The summed E-state index contributed by atoms with van der Waals surface area (Å²) in [6, 6.07) is 0. The molecule has 0 aromatic rings. The summed E-state index contributed by atoms with van der Waals surface area (Å²) in [7, 11) is 0. The Bertz CT molecular complexity index is 242. The van der Waals surface area contributed by atoms with Crippen LogP contribution in [0.15, 0.2) is 36.2 Å². The highest BCUT2D eigenvalue weighted by Crippen LogP contribution is 2.19. The molecule has 2 aliphatic heterocycles. The first-order valence-corrected chi connectivity index (χ1v) is 3.63. The van der Waals surface area contributed by atoms with E-state index in [2.05, 4.69) is 5.32 Å². The number of rotatable bonds is 0. The summed E-state index contributed by atoms with van der Waals surface area (Å²) in [5, 5.41) is 13.5. The highest BCUT2D eigenvalue weighted by molar-refractivity contribution is 5.26. The summed E-state index contributed by atoms with van der Waals surface area (Å²) in [6.07, 6.45) is 10.3. The molecule has 0 saturated heterocycles. The summed E-state index contributed by atoms with van der Waals surface area (Å²) in [5.41, 5.74) is 1.19. The normalized spacial score (nSPS) is 27.5. The molecule has 0 aromatic carbocycles. The monoisotopic (exact) mass is 150 g/mol. The average Bonchev–Trinajstić information content (AvgIpc) is 2.06. The van der Waals surface area contributed by atoms with Gasteiger partial charge < -0.3 is 5.32 Å². The van der Waals surface area contributed by atoms with E-state index in [1.807, 2.05) is 24.4 Å². The predicted molar refractivity (Wildman–Crippen MR) is 41.5 cm³/mol. The zero-order chi connectivity index (χ0) is 7.68. The SMILES string of the molecule is ON1C=CCC2=CC=CNC21. The van der Waals surface area contributed by atoms with Crippen LogP contribution in [-0.4, -0.2) is 16.4 Å². The van der Waals surface area contributed by atoms with Gasteiger partial charge >= 0.3 is 0 Å². The molecule has 0 amide bonds. The minimum absolute atomic E-state index is 0.0509. The first kappa shape index (κ1) is 6.49. The molecule has 0 aromatic heterocycles. The standard InChI is InChI=1S/C8H10N2O/c11-10-6-2-4-7-3-1-5-9-8(7)10/h1-3,5-6,8-9,11H,4H2. The Morgan fingerprint density at radius 1 is 1.64 bits per heavy atom. The third-order valence-electron chi connectivity index (χ3n) is 1.89. The van der Waals surface area contributed by atoms with Gasteiger partial charge in [-0.05, 0) is 24.3 Å². The Morgan fingerprint density at radius 2 is 2.55 bits per heavy atom. The Labute approximate surface area is 65.3 Å². The quantitative estimate of drug-likeness (QED) is 0.540. The third kappa shape index (κ3) is 1.03. The van der Waals surface area contributed by atoms with Crippen molar-refractivity contribution in [3.63, 3.8) is 0 Å². The van der Waals surface area contributed by atoms with Gasteiger partial charge in [0.15, 0.2) is 0 Å². The van der Waals surface area contributed by atoms with Gasteiger partial charge in [-0.1, -0.05) is 12.2 Å². The maximum Gasteiger partial charge on any atom is 0.146 e. The molecule has 0 spiro atoms. The van der Waals surface area contributed by atoms with E-state index in [-0.39, 0.29) is 6.17 Å². The van der Waals surface area contributed by atoms with Crippen LogP contribution in [0.4, 0.5) is 0 Å². The predicted octanol–water partition coefficient (Wildman–Crippen LogP) is 0.964. The summed E-state index contributed by atoms with van der Waals surface area (Å²) in [5.74, 6) is 0. The fourth-order valence-corrected chi connectivity index (χ4v) is 1.33. The van der Waals surface area contributed by atoms with Crippen LogP contribution in [0.5, 0.6) is 0 Å². The summed E-state index contributed by atoms with van der Waals surface area (Å²) >= 11 is 0. The van der Waals surface area contributed by atoms with Gasteiger partial charge in [-0.15, -0.1) is 0 Å². The van der Waals surface area contributed by atoms with E-state index < -0.39 is 0 Å². The smallest absolute Gasteiger partial charge is 0.146 e. The molecule has 1 atom stereocenters. The van der Waals surface area contributed by atoms with Gasteiger partial charge in [0.05, 0.1) is 0 Å². The van der Waals surface area contributed by atoms with Crippen molar-refractivity contribution >= 4 is 0 Å². The minimum Gasteiger partial charge on any atom is -0.366 e. The molecule has 2 aliphatic rings. The lowest BCUT2D eigenvalue weighted by atomic mass is 10.0. The van der Waals surface area contributed by atoms with Crippen molar-refractivity contribution in [2.45, 2.75) is 12.6 Å². The molecule has 1 unspecified atom stereocenters. The van der Waals surface area contributed by atoms with Crippen molar-refractivity contribution in [2.75, 3.05) is 0 Å². The number of hydrogen-bond donors (Lipinski definition) is 2. The second-order valence-electron chi connectivity index (χ2n) is 2.64. The first-order chi connectivity index (χ1) is 5.38. The molecule has 2 N–H and O–H groups in total. The van der Waals surface area contributed by atoms with E-state index in [1.165, 1.54) is 10.6 Å². The lowest BCUT2D eigenvalue weighted by Gasteiger charge is -2.31. The topological polar surface area (TPSA) is 35.5 Å². The zero-order valence-electron chi connectivity index (χ0n) is 6.07. The molecule has 0 aliphatic carbocycles. The Morgan fingerprint density at radius 3 is 3.36 bits per heavy atom. The van der Waals surface area contributed by atoms with Crippen LogP contribution in [0.2, 0.25) is 0 Å². The highest BCUT2D eigenvalue weighted by Gasteiger charge is 2.20. The molecular formula is C8H10N2O. The van der Waals surface area contributed by atoms with E-state index in [9.17, 15) is 5.21 Å². The van der Waals surface area contributed by atoms with Crippen LogP contribution in [0.3, 0.4) is 0 Å². The molecule has 3 heteroatoms. The molecule has 0 bridgehead atoms. The van der Waals surface area contributed by atoms with E-state index in [0.29, 0.717) is 0 Å². The van der Waals surface area contributed by atoms with Crippen molar-refractivity contribution in [2.24, 2.45) is 0 Å². The zero-order valence-corrected chi connectivity index (χ0v) is 6.07. The fraction of sp³-hybridized carbons (Fsp3) is 0.250. The number of nitrogens with one attached hydrogen (secondary N) is 1. The van der Waals surface area contributed by atoms with E-state index >= 15 is 0 Å². The second kappa shape index (κ2) is 2.43. The van der Waals surface area contributed by atoms with E-state index in [1.54, 1.807) is 6.20 Å². The lowest BCUT2D eigenvalue weighted by Crippen LogP contribution is -2.42. The van der Waals surface area contributed by atoms with Gasteiger partial charge in [-0.2, -0.15) is 0 Å². The van der Waals surface area contributed by atoms with Crippen molar-refractivity contribution in [3.8, 4) is 0 Å². The summed E-state index contributed by atoms with van der Waals surface area (Å²) in [4.78, 5) is 0. The number of dihydropyridines is 1. The van der Waals surface area contributed by atoms with Gasteiger partial charge in [0.2, 0.25) is 0 Å². The number of fused-ring (bicyclic) bond motifs is 1. The van der Waals surface area contributed by atoms with Crippen molar-refractivity contribution < 1.29 is 5.21 Å². The van der Waals surface area contributed by atoms with Gasteiger partial charge in [-0.3, -0.25) is 5.21 Å². The van der Waals surface area contributed by atoms with Crippen LogP contribution in [-0.2, 0) is 0 Å². The molecule has 2 rings (SSSR count). The van der Waals surface area contributed by atoms with Crippen molar-refractivity contribution in [1.82, 2.24) is 10.4 Å². The molecule has 58 valence electrons. The molecule has 0 saturated carbocycles. The maximum atomic E-state index is 9.31. The average molecular weight is 150 g/mol.